The van der Waals surface area contributed by atoms with Gasteiger partial charge in [-0.25, -0.2) is 9.78 Å². The number of carbonyl (C=O) groups is 1. The number of rotatable bonds is 5. The number of urea groups is 1. The van der Waals surface area contributed by atoms with E-state index < -0.39 is 12.1 Å². The zero-order valence-corrected chi connectivity index (χ0v) is 13.7. The number of pyridine rings is 1. The third-order valence-corrected chi connectivity index (χ3v) is 3.34. The van der Waals surface area contributed by atoms with Crippen molar-refractivity contribution in [1.29, 1.82) is 0 Å². The smallest absolute Gasteiger partial charge is 0.319 e. The molecule has 0 bridgehead atoms. The van der Waals surface area contributed by atoms with Crippen LogP contribution in [0.4, 0.5) is 16.3 Å². The Bertz CT molecular complexity index is 682. The number of nitrogens with zero attached hydrogens (tertiary/aromatic N) is 4. The third kappa shape index (κ3) is 4.19. The summed E-state index contributed by atoms with van der Waals surface area (Å²) in [4.78, 5) is 18.3. The van der Waals surface area contributed by atoms with Crippen molar-refractivity contribution in [2.24, 2.45) is 7.05 Å². The van der Waals surface area contributed by atoms with Crippen LogP contribution in [0.15, 0.2) is 24.4 Å². The molecule has 0 radical (unpaired) electrons. The van der Waals surface area contributed by atoms with Crippen molar-refractivity contribution in [3.63, 3.8) is 0 Å². The first-order chi connectivity index (χ1) is 10.9. The van der Waals surface area contributed by atoms with E-state index in [9.17, 15) is 9.90 Å². The lowest BCUT2D eigenvalue weighted by atomic mass is 10.2. The second-order valence-corrected chi connectivity index (χ2v) is 5.45. The molecule has 2 aromatic rings. The van der Waals surface area contributed by atoms with Crippen molar-refractivity contribution >= 4 is 17.5 Å². The highest BCUT2D eigenvalue weighted by Crippen LogP contribution is 2.21. The van der Waals surface area contributed by atoms with Gasteiger partial charge in [0.15, 0.2) is 5.82 Å². The van der Waals surface area contributed by atoms with E-state index in [-0.39, 0.29) is 6.54 Å². The van der Waals surface area contributed by atoms with Gasteiger partial charge in [0.2, 0.25) is 0 Å². The summed E-state index contributed by atoms with van der Waals surface area (Å²) in [5.41, 5.74) is 2.11. The zero-order chi connectivity index (χ0) is 17.0. The Morgan fingerprint density at radius 2 is 2.13 bits per heavy atom. The average molecular weight is 318 g/mol. The maximum atomic E-state index is 12.0. The molecule has 0 saturated heterocycles. The summed E-state index contributed by atoms with van der Waals surface area (Å²) in [6.07, 6.45) is 0.776. The number of aromatic nitrogens is 3. The quantitative estimate of drug-likeness (QED) is 0.766. The number of hydrogen-bond donors (Lipinski definition) is 3. The van der Waals surface area contributed by atoms with Crippen LogP contribution >= 0.6 is 0 Å². The van der Waals surface area contributed by atoms with Crippen LogP contribution in [0.25, 0.3) is 0 Å². The van der Waals surface area contributed by atoms with Crippen molar-refractivity contribution < 1.29 is 9.90 Å². The number of nitrogens with one attached hydrogen (secondary N) is 2. The number of hydrogen-bond acceptors (Lipinski definition) is 5. The molecule has 0 aliphatic carbocycles. The highest BCUT2D eigenvalue weighted by molar-refractivity contribution is 5.92. The van der Waals surface area contributed by atoms with Crippen LogP contribution in [0.2, 0.25) is 0 Å². The third-order valence-electron chi connectivity index (χ3n) is 3.34. The molecular weight excluding hydrogens is 296 g/mol. The highest BCUT2D eigenvalue weighted by Gasteiger charge is 2.14. The minimum Gasteiger partial charge on any atom is -0.385 e. The molecule has 0 fully saturated rings. The number of aliphatic hydroxyl groups excluding tert-OH is 1. The van der Waals surface area contributed by atoms with Gasteiger partial charge >= 0.3 is 6.03 Å². The first kappa shape index (κ1) is 16.8. The van der Waals surface area contributed by atoms with Crippen LogP contribution in [-0.2, 0) is 7.05 Å². The fraction of sp³-hybridized carbons (Fsp3) is 0.400. The number of carbonyl (C=O) groups excluding carboxylic acids is 1. The van der Waals surface area contributed by atoms with Crippen molar-refractivity contribution in [3.05, 3.63) is 35.8 Å². The Balaban J connectivity index is 1.96. The fourth-order valence-corrected chi connectivity index (χ4v) is 2.15. The topological polar surface area (TPSA) is 95.3 Å². The van der Waals surface area contributed by atoms with E-state index in [4.69, 9.17) is 0 Å². The van der Waals surface area contributed by atoms with Gasteiger partial charge in [-0.3, -0.25) is 4.68 Å². The Kier molecular flexibility index (Phi) is 5.17. The van der Waals surface area contributed by atoms with E-state index in [0.717, 1.165) is 5.69 Å². The van der Waals surface area contributed by atoms with E-state index in [0.29, 0.717) is 17.2 Å². The Labute approximate surface area is 135 Å². The predicted octanol–water partition coefficient (Wildman–Crippen LogP) is 1.04. The second kappa shape index (κ2) is 7.10. The van der Waals surface area contributed by atoms with E-state index in [2.05, 4.69) is 20.7 Å². The van der Waals surface area contributed by atoms with Gasteiger partial charge in [-0.15, -0.1) is 0 Å². The Morgan fingerprint density at radius 1 is 1.39 bits per heavy atom. The molecule has 23 heavy (non-hydrogen) atoms. The van der Waals surface area contributed by atoms with Crippen LogP contribution in [-0.4, -0.2) is 46.5 Å². The van der Waals surface area contributed by atoms with Crippen LogP contribution in [0.3, 0.4) is 0 Å². The van der Waals surface area contributed by atoms with Gasteiger partial charge < -0.3 is 20.6 Å². The molecule has 8 heteroatoms. The normalized spacial score (nSPS) is 11.9. The minimum absolute atomic E-state index is 0.0853. The lowest BCUT2D eigenvalue weighted by molar-refractivity contribution is 0.166. The van der Waals surface area contributed by atoms with E-state index in [1.54, 1.807) is 30.1 Å². The summed E-state index contributed by atoms with van der Waals surface area (Å²) in [6.45, 7) is 1.98. The molecule has 2 amide bonds. The second-order valence-electron chi connectivity index (χ2n) is 5.45. The molecule has 0 aromatic carbocycles. The van der Waals surface area contributed by atoms with Crippen LogP contribution < -0.4 is 15.5 Å². The monoisotopic (exact) mass is 318 g/mol. The summed E-state index contributed by atoms with van der Waals surface area (Å²) >= 11 is 0. The van der Waals surface area contributed by atoms with Gasteiger partial charge in [0.25, 0.3) is 0 Å². The van der Waals surface area contributed by atoms with Crippen LogP contribution in [0.1, 0.15) is 17.5 Å². The number of anilines is 2. The molecule has 0 saturated carbocycles. The predicted molar refractivity (Wildman–Crippen MR) is 88.5 cm³/mol. The first-order valence-corrected chi connectivity index (χ1v) is 7.24. The molecular formula is C15H22N6O2. The van der Waals surface area contributed by atoms with E-state index in [1.165, 1.54) is 0 Å². The maximum Gasteiger partial charge on any atom is 0.319 e. The summed E-state index contributed by atoms with van der Waals surface area (Å²) in [7, 11) is 5.45. The van der Waals surface area contributed by atoms with Gasteiger partial charge in [0, 0.05) is 33.0 Å². The molecule has 1 atom stereocenters. The van der Waals surface area contributed by atoms with Crippen LogP contribution in [0.5, 0.6) is 0 Å². The fourth-order valence-electron chi connectivity index (χ4n) is 2.15. The Hall–Kier alpha value is -2.61. The molecule has 2 rings (SSSR count). The van der Waals surface area contributed by atoms with Gasteiger partial charge in [0.1, 0.15) is 6.10 Å². The summed E-state index contributed by atoms with van der Waals surface area (Å²) in [6, 6.07) is 4.93. The van der Waals surface area contributed by atoms with Gasteiger partial charge in [-0.05, 0) is 25.1 Å². The van der Waals surface area contributed by atoms with Gasteiger partial charge in [0.05, 0.1) is 17.9 Å². The summed E-state index contributed by atoms with van der Waals surface area (Å²) < 4.78 is 1.57. The molecule has 2 heterocycles. The van der Waals surface area contributed by atoms with Crippen LogP contribution in [0, 0.1) is 6.92 Å². The zero-order valence-electron chi connectivity index (χ0n) is 13.7. The molecule has 3 N–H and O–H groups in total. The molecule has 2 aromatic heterocycles. The summed E-state index contributed by atoms with van der Waals surface area (Å²) in [5, 5.41) is 19.4. The first-order valence-electron chi connectivity index (χ1n) is 7.24. The lowest BCUT2D eigenvalue weighted by Gasteiger charge is -2.18. The van der Waals surface area contributed by atoms with Gasteiger partial charge in [-0.2, -0.15) is 5.10 Å². The van der Waals surface area contributed by atoms with Crippen molar-refractivity contribution in [2.75, 3.05) is 30.9 Å². The average Bonchev–Trinajstić information content (AvgIpc) is 2.92. The molecule has 124 valence electrons. The van der Waals surface area contributed by atoms with Crippen molar-refractivity contribution in [3.8, 4) is 0 Å². The highest BCUT2D eigenvalue weighted by atomic mass is 16.3. The SMILES string of the molecule is Cc1ccc(NC(=O)NCC(O)c2ccnn2C)c(N(C)C)n1. The number of aryl methyl sites for hydroxylation is 2. The molecule has 0 spiro atoms. The van der Waals surface area contributed by atoms with Crippen molar-refractivity contribution in [1.82, 2.24) is 20.1 Å². The lowest BCUT2D eigenvalue weighted by Crippen LogP contribution is -2.33. The number of amides is 2. The van der Waals surface area contributed by atoms with Crippen molar-refractivity contribution in [2.45, 2.75) is 13.0 Å². The standard InChI is InChI=1S/C15H22N6O2/c1-10-5-6-11(14(18-10)20(2)3)19-15(23)16-9-13(22)12-7-8-17-21(12)4/h5-8,13,22H,9H2,1-4H3,(H2,16,19,23). The maximum absolute atomic E-state index is 12.0. The molecule has 8 nitrogen and oxygen atoms in total. The summed E-state index contributed by atoms with van der Waals surface area (Å²) in [5.74, 6) is 0.673. The van der Waals surface area contributed by atoms with E-state index in [1.807, 2.05) is 32.0 Å². The molecule has 0 aliphatic rings. The van der Waals surface area contributed by atoms with Gasteiger partial charge in [-0.1, -0.05) is 0 Å². The van der Waals surface area contributed by atoms with E-state index >= 15 is 0 Å². The Morgan fingerprint density at radius 3 is 2.74 bits per heavy atom. The minimum atomic E-state index is -0.822. The largest absolute Gasteiger partial charge is 0.385 e. The number of aliphatic hydroxyl groups is 1. The molecule has 0 aliphatic heterocycles. The molecule has 1 unspecified atom stereocenters.